The van der Waals surface area contributed by atoms with E-state index in [9.17, 15) is 4.53 Å². The number of nitrogens with one attached hydrogen (secondary N) is 1. The Morgan fingerprint density at radius 2 is 2.29 bits per heavy atom. The van der Waals surface area contributed by atoms with E-state index >= 15 is 0 Å². The summed E-state index contributed by atoms with van der Waals surface area (Å²) in [7, 11) is 0. The third kappa shape index (κ3) is 4.89. The highest BCUT2D eigenvalue weighted by Gasteiger charge is 1.70. The Morgan fingerprint density at radius 3 is 2.71 bits per heavy atom. The quantitative estimate of drug-likeness (QED) is 0.334. The standard InChI is InChI=1S/FHN4O2/c1-6-7-5-4-3-2/h2H/b3-2?,5-4+. The molecule has 0 radical (unpaired) electrons. The third-order valence-electron chi connectivity index (χ3n) is 0.143. The van der Waals surface area contributed by atoms with E-state index in [-0.39, 0.29) is 0 Å². The molecule has 0 aromatic carbocycles. The summed E-state index contributed by atoms with van der Waals surface area (Å²) in [4.78, 5) is 3.15. The molecule has 0 rings (SSSR count). The number of halogens is 1. The summed E-state index contributed by atoms with van der Waals surface area (Å²) in [6.45, 7) is 0. The van der Waals surface area contributed by atoms with Crippen LogP contribution in [0.3, 0.4) is 0 Å². The summed E-state index contributed by atoms with van der Waals surface area (Å²) in [5.41, 5.74) is 5.89. The van der Waals surface area contributed by atoms with Crippen LogP contribution in [0.1, 0.15) is 0 Å². The average Bonchev–Trinajstić information content (AvgIpc) is 1.69. The van der Waals surface area contributed by atoms with Crippen molar-refractivity contribution < 1.29 is 14.6 Å². The van der Waals surface area contributed by atoms with Gasteiger partial charge in [0.25, 0.3) is 0 Å². The molecule has 0 aliphatic rings. The van der Waals surface area contributed by atoms with E-state index in [2.05, 4.69) is 25.8 Å². The second kappa shape index (κ2) is 4.89. The summed E-state index contributed by atoms with van der Waals surface area (Å²) >= 11 is 0. The van der Waals surface area contributed by atoms with Crippen molar-refractivity contribution in [3.63, 3.8) is 0 Å². The molecule has 0 aromatic rings. The van der Waals surface area contributed by atoms with Crippen molar-refractivity contribution in [2.45, 2.75) is 0 Å². The highest BCUT2D eigenvalue weighted by atomic mass is 19.3. The molecule has 6 nitrogen and oxygen atoms in total. The molecule has 0 bridgehead atoms. The van der Waals surface area contributed by atoms with Crippen LogP contribution in [0.4, 0.5) is 4.53 Å². The zero-order chi connectivity index (χ0) is 5.54. The van der Waals surface area contributed by atoms with Crippen molar-refractivity contribution in [2.24, 2.45) is 15.7 Å². The molecule has 0 aliphatic heterocycles. The van der Waals surface area contributed by atoms with Gasteiger partial charge in [0, 0.05) is 5.22 Å². The maximum atomic E-state index is 10.3. The summed E-state index contributed by atoms with van der Waals surface area (Å²) in [6.07, 6.45) is 0. The van der Waals surface area contributed by atoms with Gasteiger partial charge in [-0.25, -0.2) is 0 Å². The first kappa shape index (κ1) is 5.89. The van der Waals surface area contributed by atoms with Crippen LogP contribution in [0.25, 0.3) is 0 Å². The first-order chi connectivity index (χ1) is 3.41. The van der Waals surface area contributed by atoms with Crippen molar-refractivity contribution in [2.75, 3.05) is 0 Å². The molecule has 0 heterocycles. The van der Waals surface area contributed by atoms with E-state index < -0.39 is 0 Å². The fourth-order valence-electron chi connectivity index (χ4n) is 0.0458. The highest BCUT2D eigenvalue weighted by Crippen LogP contribution is 1.80. The van der Waals surface area contributed by atoms with Gasteiger partial charge in [0.2, 0.25) is 0 Å². The van der Waals surface area contributed by atoms with Crippen LogP contribution in [-0.4, -0.2) is 0 Å². The van der Waals surface area contributed by atoms with Gasteiger partial charge in [-0.3, -0.25) is 0 Å². The normalized spacial score (nSPS) is 9.29. The number of rotatable bonds is 3. The number of hydrogen-bond donors (Lipinski definition) is 1. The molecular weight excluding hydrogens is 107 g/mol. The molecule has 0 aromatic heterocycles. The molecule has 0 amide bonds. The maximum absolute atomic E-state index is 10.3. The molecule has 0 atom stereocenters. The lowest BCUT2D eigenvalue weighted by Crippen LogP contribution is -1.66. The molecule has 0 fully saturated rings. The molecule has 7 heteroatoms. The summed E-state index contributed by atoms with van der Waals surface area (Å²) in [5.74, 6) is 0. The monoisotopic (exact) mass is 108 g/mol. The Balaban J connectivity index is 2.92. The lowest BCUT2D eigenvalue weighted by atomic mass is 12.6. The number of nitrogens with zero attached hydrogens (tertiary/aromatic N) is 3. The van der Waals surface area contributed by atoms with Gasteiger partial charge in [0.05, 0.1) is 10.4 Å². The third-order valence-corrected chi connectivity index (χ3v) is 0.143. The van der Waals surface area contributed by atoms with Crippen LogP contribution in [0, 0.1) is 5.53 Å². The van der Waals surface area contributed by atoms with Crippen LogP contribution in [0.2, 0.25) is 0 Å². The van der Waals surface area contributed by atoms with Crippen LogP contribution in [-0.2, 0) is 10.1 Å². The van der Waals surface area contributed by atoms with Gasteiger partial charge in [-0.15, -0.1) is 0 Å². The van der Waals surface area contributed by atoms with E-state index in [4.69, 9.17) is 5.53 Å². The number of hydrogen-bond acceptors (Lipinski definition) is 4. The van der Waals surface area contributed by atoms with E-state index in [1.807, 2.05) is 0 Å². The highest BCUT2D eigenvalue weighted by molar-refractivity contribution is 3.82. The molecule has 7 heavy (non-hydrogen) atoms. The Bertz CT molecular complexity index is 70.1. The minimum atomic E-state index is 2.31. The lowest BCUT2D eigenvalue weighted by molar-refractivity contribution is -0.435. The van der Waals surface area contributed by atoms with Crippen molar-refractivity contribution in [1.29, 1.82) is 5.53 Å². The Kier molecular flexibility index (Phi) is 4.11. The first-order valence-corrected chi connectivity index (χ1v) is 1.13. The van der Waals surface area contributed by atoms with Crippen molar-refractivity contribution in [3.05, 3.63) is 0 Å². The maximum Gasteiger partial charge on any atom is 0.0908 e. The Labute approximate surface area is 37.2 Å². The van der Waals surface area contributed by atoms with Crippen molar-refractivity contribution >= 4 is 0 Å². The second-order valence-corrected chi connectivity index (χ2v) is 0.409. The SMILES string of the molecule is N=N/N=N/OOF. The molecule has 0 saturated carbocycles. The molecule has 1 N–H and O–H groups in total. The second-order valence-electron chi connectivity index (χ2n) is 0.409. The molecule has 0 saturated heterocycles. The van der Waals surface area contributed by atoms with Gasteiger partial charge in [0.1, 0.15) is 0 Å². The van der Waals surface area contributed by atoms with Gasteiger partial charge < -0.3 is 0 Å². The van der Waals surface area contributed by atoms with Gasteiger partial charge >= 0.3 is 0 Å². The Morgan fingerprint density at radius 1 is 1.57 bits per heavy atom. The van der Waals surface area contributed by atoms with Crippen molar-refractivity contribution in [1.82, 2.24) is 0 Å². The topological polar surface area (TPSA) is 79.4 Å². The van der Waals surface area contributed by atoms with Gasteiger partial charge in [-0.1, -0.05) is 0 Å². The minimum absolute atomic E-state index is 2.31. The predicted octanol–water partition coefficient (Wildman–Crippen LogP) is 1.13. The minimum Gasteiger partial charge on any atom is -0.183 e. The van der Waals surface area contributed by atoms with Gasteiger partial charge in [0.15, 0.2) is 0 Å². The van der Waals surface area contributed by atoms with Gasteiger partial charge in [-0.2, -0.15) is 10.5 Å². The largest absolute Gasteiger partial charge is 0.183 e. The van der Waals surface area contributed by atoms with Crippen LogP contribution >= 0.6 is 0 Å². The Hall–Kier alpha value is -1.11. The van der Waals surface area contributed by atoms with E-state index in [1.54, 1.807) is 0 Å². The lowest BCUT2D eigenvalue weighted by Gasteiger charge is -1.73. The van der Waals surface area contributed by atoms with Crippen LogP contribution in [0.15, 0.2) is 15.7 Å². The van der Waals surface area contributed by atoms with Crippen LogP contribution in [0.5, 0.6) is 0 Å². The fourth-order valence-corrected chi connectivity index (χ4v) is 0.0458. The smallest absolute Gasteiger partial charge is 0.0908 e. The molecule has 0 unspecified atom stereocenters. The van der Waals surface area contributed by atoms with E-state index in [0.29, 0.717) is 0 Å². The zero-order valence-corrected chi connectivity index (χ0v) is 3.04. The molecular formula is HFN4O2. The van der Waals surface area contributed by atoms with Gasteiger partial charge in [-0.05, 0) is 9.75 Å². The summed E-state index contributed by atoms with van der Waals surface area (Å²) < 4.78 is 10.3. The summed E-state index contributed by atoms with van der Waals surface area (Å²) in [5, 5.41) is 9.62. The van der Waals surface area contributed by atoms with Crippen molar-refractivity contribution in [3.8, 4) is 0 Å². The summed E-state index contributed by atoms with van der Waals surface area (Å²) in [6, 6.07) is 0. The fraction of sp³-hybridized carbons (Fsp3) is 0. The average molecular weight is 108 g/mol. The first-order valence-electron chi connectivity index (χ1n) is 1.13. The van der Waals surface area contributed by atoms with E-state index in [1.165, 1.54) is 0 Å². The molecule has 0 aliphatic carbocycles. The zero-order valence-electron chi connectivity index (χ0n) is 3.04. The predicted molar refractivity (Wildman–Crippen MR) is 13.3 cm³/mol. The molecule has 40 valence electrons. The molecule has 0 spiro atoms. The van der Waals surface area contributed by atoms with Crippen LogP contribution < -0.4 is 0 Å². The van der Waals surface area contributed by atoms with E-state index in [0.717, 1.165) is 0 Å².